The average molecular weight is 678 g/mol. The number of esters is 2. The van der Waals surface area contributed by atoms with Gasteiger partial charge in [-0.15, -0.1) is 11.3 Å². The molecule has 1 aromatic heterocycles. The lowest BCUT2D eigenvalue weighted by Gasteiger charge is -2.31. The topological polar surface area (TPSA) is 115 Å². The Balaban J connectivity index is 1.45. The fourth-order valence-corrected chi connectivity index (χ4v) is 6.64. The number of nitrogens with one attached hydrogen (secondary N) is 1. The number of rotatable bonds is 13. The normalized spacial score (nSPS) is 23.9. The molecule has 0 spiro atoms. The number of aliphatic imine (C=N–C) groups is 1. The highest BCUT2D eigenvalue weighted by Crippen LogP contribution is 2.42. The van der Waals surface area contributed by atoms with E-state index in [1.165, 1.54) is 48.6 Å². The summed E-state index contributed by atoms with van der Waals surface area (Å²) in [5, 5.41) is 6.65. The first-order chi connectivity index (χ1) is 22.4. The molecule has 4 heterocycles. The summed E-state index contributed by atoms with van der Waals surface area (Å²) in [4.78, 5) is 42.6. The minimum absolute atomic E-state index is 0.0119. The SMILES string of the molecule is C=CCOC(=O)[C@](C)(CCN1OC[C@H]2[C@@H]1C(F)(F)CN2CC1=C(C(=O)OCC)[C@H](c2cccc(F)c2C)N=C(c2nccs2)N1)OC. The Labute approximate surface area is 275 Å². The van der Waals surface area contributed by atoms with Gasteiger partial charge >= 0.3 is 11.9 Å². The van der Waals surface area contributed by atoms with Crippen molar-refractivity contribution in [1.82, 2.24) is 20.3 Å². The van der Waals surface area contributed by atoms with Crippen LogP contribution in [0.5, 0.6) is 0 Å². The summed E-state index contributed by atoms with van der Waals surface area (Å²) in [7, 11) is 1.35. The van der Waals surface area contributed by atoms with E-state index in [0.29, 0.717) is 27.7 Å². The van der Waals surface area contributed by atoms with Gasteiger partial charge in [0.15, 0.2) is 16.4 Å². The van der Waals surface area contributed by atoms with Gasteiger partial charge < -0.3 is 19.5 Å². The molecule has 3 aliphatic rings. The molecule has 2 aromatic rings. The van der Waals surface area contributed by atoms with Gasteiger partial charge in [0.1, 0.15) is 24.5 Å². The lowest BCUT2D eigenvalue weighted by atomic mass is 9.92. The second-order valence-corrected chi connectivity index (χ2v) is 12.5. The summed E-state index contributed by atoms with van der Waals surface area (Å²) in [6.45, 7) is 7.54. The van der Waals surface area contributed by atoms with Gasteiger partial charge in [-0.3, -0.25) is 14.7 Å². The van der Waals surface area contributed by atoms with Crippen LogP contribution in [0.15, 0.2) is 58.7 Å². The zero-order chi connectivity index (χ0) is 33.9. The van der Waals surface area contributed by atoms with Gasteiger partial charge in [-0.1, -0.05) is 24.8 Å². The highest BCUT2D eigenvalue weighted by molar-refractivity contribution is 7.11. The number of fused-ring (bicyclic) bond motifs is 1. The minimum atomic E-state index is -3.21. The maximum atomic E-state index is 15.8. The number of thiazole rings is 1. The van der Waals surface area contributed by atoms with E-state index >= 15 is 8.78 Å². The number of ether oxygens (including phenoxy) is 3. The number of hydroxylamine groups is 2. The molecule has 11 nitrogen and oxygen atoms in total. The number of benzene rings is 1. The van der Waals surface area contributed by atoms with Crippen molar-refractivity contribution >= 4 is 29.1 Å². The monoisotopic (exact) mass is 677 g/mol. The number of carbonyl (C=O) groups is 2. The maximum Gasteiger partial charge on any atom is 0.338 e. The smallest absolute Gasteiger partial charge is 0.338 e. The van der Waals surface area contributed by atoms with Gasteiger partial charge in [0.05, 0.1) is 31.4 Å². The van der Waals surface area contributed by atoms with Crippen LogP contribution in [0.3, 0.4) is 0 Å². The Morgan fingerprint density at radius 1 is 1.32 bits per heavy atom. The first kappa shape index (κ1) is 34.7. The third kappa shape index (κ3) is 6.99. The second-order valence-electron chi connectivity index (χ2n) is 11.6. The molecule has 1 aromatic carbocycles. The Morgan fingerprint density at radius 3 is 2.79 bits per heavy atom. The number of amidine groups is 1. The highest BCUT2D eigenvalue weighted by atomic mass is 32.1. The van der Waals surface area contributed by atoms with Crippen molar-refractivity contribution in [2.45, 2.75) is 56.8 Å². The molecule has 4 atom stereocenters. The van der Waals surface area contributed by atoms with Gasteiger partial charge in [0.25, 0.3) is 5.92 Å². The Kier molecular flexibility index (Phi) is 10.5. The minimum Gasteiger partial charge on any atom is -0.463 e. The number of alkyl halides is 2. The van der Waals surface area contributed by atoms with E-state index in [1.807, 2.05) is 0 Å². The van der Waals surface area contributed by atoms with Crippen LogP contribution in [-0.4, -0.2) is 103 Å². The summed E-state index contributed by atoms with van der Waals surface area (Å²) in [5.74, 6) is -4.69. The van der Waals surface area contributed by atoms with Crippen molar-refractivity contribution in [2.75, 3.05) is 46.6 Å². The summed E-state index contributed by atoms with van der Waals surface area (Å²) in [6.07, 6.45) is 3.05. The molecule has 254 valence electrons. The van der Waals surface area contributed by atoms with E-state index in [4.69, 9.17) is 24.0 Å². The van der Waals surface area contributed by atoms with Crippen molar-refractivity contribution in [3.63, 3.8) is 0 Å². The van der Waals surface area contributed by atoms with E-state index < -0.39 is 53.9 Å². The molecule has 0 amide bonds. The number of nitrogens with zero attached hydrogens (tertiary/aromatic N) is 4. The van der Waals surface area contributed by atoms with Crippen LogP contribution in [0.1, 0.15) is 42.4 Å². The van der Waals surface area contributed by atoms with Crippen molar-refractivity contribution in [1.29, 1.82) is 0 Å². The number of halogens is 3. The first-order valence-electron chi connectivity index (χ1n) is 15.2. The Hall–Kier alpha value is -3.63. The summed E-state index contributed by atoms with van der Waals surface area (Å²) in [5.41, 5.74) is -0.263. The van der Waals surface area contributed by atoms with Crippen LogP contribution in [-0.2, 0) is 28.6 Å². The molecule has 47 heavy (non-hydrogen) atoms. The number of hydrogen-bond acceptors (Lipinski definition) is 12. The zero-order valence-corrected chi connectivity index (χ0v) is 27.4. The molecular formula is C32H38F3N5O6S. The molecule has 15 heteroatoms. The number of aromatic nitrogens is 1. The lowest BCUT2D eigenvalue weighted by Crippen LogP contribution is -2.48. The third-order valence-electron chi connectivity index (χ3n) is 8.65. The molecule has 5 rings (SSSR count). The highest BCUT2D eigenvalue weighted by Gasteiger charge is 2.61. The molecule has 1 N–H and O–H groups in total. The van der Waals surface area contributed by atoms with Gasteiger partial charge in [-0.2, -0.15) is 5.06 Å². The zero-order valence-electron chi connectivity index (χ0n) is 26.6. The van der Waals surface area contributed by atoms with Crippen LogP contribution in [0.2, 0.25) is 0 Å². The van der Waals surface area contributed by atoms with Crippen LogP contribution in [0, 0.1) is 12.7 Å². The second kappa shape index (κ2) is 14.2. The number of methoxy groups -OCH3 is 1. The molecule has 2 fully saturated rings. The quantitative estimate of drug-likeness (QED) is 0.247. The fourth-order valence-electron chi connectivity index (χ4n) is 6.06. The molecule has 0 aliphatic carbocycles. The fraction of sp³-hybridized carbons (Fsp3) is 0.500. The molecule has 0 bridgehead atoms. The van der Waals surface area contributed by atoms with Crippen LogP contribution >= 0.6 is 11.3 Å². The van der Waals surface area contributed by atoms with Gasteiger partial charge in [-0.05, 0) is 38.0 Å². The van der Waals surface area contributed by atoms with Gasteiger partial charge in [0.2, 0.25) is 0 Å². The lowest BCUT2D eigenvalue weighted by molar-refractivity contribution is -0.193. The first-order valence-corrected chi connectivity index (χ1v) is 16.1. The average Bonchev–Trinajstić information content (AvgIpc) is 3.79. The Morgan fingerprint density at radius 2 is 2.11 bits per heavy atom. The summed E-state index contributed by atoms with van der Waals surface area (Å²) < 4.78 is 62.4. The van der Waals surface area contributed by atoms with Crippen molar-refractivity contribution < 1.29 is 41.8 Å². The predicted octanol–water partition coefficient (Wildman–Crippen LogP) is 3.96. The number of hydrogen-bond donors (Lipinski definition) is 1. The van der Waals surface area contributed by atoms with Gasteiger partial charge in [-0.25, -0.2) is 27.7 Å². The van der Waals surface area contributed by atoms with E-state index in [2.05, 4.69) is 16.9 Å². The largest absolute Gasteiger partial charge is 0.463 e. The van der Waals surface area contributed by atoms with E-state index in [9.17, 15) is 14.0 Å². The van der Waals surface area contributed by atoms with Crippen LogP contribution in [0.4, 0.5) is 13.2 Å². The van der Waals surface area contributed by atoms with Crippen molar-refractivity contribution in [3.8, 4) is 0 Å². The van der Waals surface area contributed by atoms with Crippen molar-refractivity contribution in [2.24, 2.45) is 4.99 Å². The molecule has 3 aliphatic heterocycles. The standard InChI is InChI=1S/C32H38F3N5O6S/c1-6-14-45-30(42)31(4,43-5)11-13-40-26-23(17-46-40)39(18-32(26,34)35)16-22-24(29(41)44-7-2)25(20-9-8-10-21(33)19(20)3)38-27(37-22)28-36-12-15-47-28/h6,8-10,12,15,23,25-26H,1,7,11,13-14,16-18H2,2-5H3,(H,37,38)/t23-,25-,26+,31-/m0/s1. The van der Waals surface area contributed by atoms with E-state index in [-0.39, 0.29) is 44.9 Å². The Bertz CT molecular complexity index is 1550. The number of carbonyl (C=O) groups excluding carboxylic acids is 2. The van der Waals surface area contributed by atoms with Crippen LogP contribution in [0.25, 0.3) is 0 Å². The van der Waals surface area contributed by atoms with E-state index in [1.54, 1.807) is 36.4 Å². The van der Waals surface area contributed by atoms with E-state index in [0.717, 1.165) is 0 Å². The van der Waals surface area contributed by atoms with Crippen molar-refractivity contribution in [3.05, 3.63) is 75.7 Å². The molecule has 0 radical (unpaired) electrons. The molecule has 0 saturated carbocycles. The summed E-state index contributed by atoms with van der Waals surface area (Å²) in [6, 6.07) is 1.44. The summed E-state index contributed by atoms with van der Waals surface area (Å²) >= 11 is 1.30. The number of likely N-dealkylation sites (tertiary alicyclic amines) is 1. The molecular weight excluding hydrogens is 639 g/mol. The van der Waals surface area contributed by atoms with Gasteiger partial charge in [0, 0.05) is 43.9 Å². The van der Waals surface area contributed by atoms with Crippen LogP contribution < -0.4 is 5.32 Å². The molecule has 2 saturated heterocycles. The predicted molar refractivity (Wildman–Crippen MR) is 167 cm³/mol. The molecule has 0 unspecified atom stereocenters. The third-order valence-corrected chi connectivity index (χ3v) is 9.43. The maximum absolute atomic E-state index is 15.8.